The van der Waals surface area contributed by atoms with Gasteiger partial charge in [0, 0.05) is 5.56 Å². The van der Waals surface area contributed by atoms with Crippen molar-refractivity contribution in [2.75, 3.05) is 0 Å². The zero-order valence-corrected chi connectivity index (χ0v) is 11.4. The van der Waals surface area contributed by atoms with Gasteiger partial charge < -0.3 is 4.42 Å². The van der Waals surface area contributed by atoms with Crippen molar-refractivity contribution in [1.82, 2.24) is 0 Å². The minimum Gasteiger partial charge on any atom is -0.465 e. The highest BCUT2D eigenvalue weighted by Gasteiger charge is 2.24. The van der Waals surface area contributed by atoms with Crippen molar-refractivity contribution < 1.29 is 9.21 Å². The van der Waals surface area contributed by atoms with Crippen LogP contribution in [-0.2, 0) is 0 Å². The number of carbonyl (C=O) groups is 1. The van der Waals surface area contributed by atoms with Crippen LogP contribution in [0, 0.1) is 0 Å². The third kappa shape index (κ3) is 2.39. The van der Waals surface area contributed by atoms with Crippen LogP contribution in [-0.4, -0.2) is 14.4 Å². The molecule has 0 N–H and O–H groups in total. The van der Waals surface area contributed by atoms with Crippen LogP contribution in [0.15, 0.2) is 40.8 Å². The Morgan fingerprint density at radius 1 is 1.12 bits per heavy atom. The minimum absolute atomic E-state index is 0.647. The summed E-state index contributed by atoms with van der Waals surface area (Å²) in [6.45, 7) is 6.61. The highest BCUT2D eigenvalue weighted by molar-refractivity contribution is 6.87. The zero-order chi connectivity index (χ0) is 12.5. The monoisotopic (exact) mass is 244 g/mol. The summed E-state index contributed by atoms with van der Waals surface area (Å²) in [7, 11) is -1.52. The summed E-state index contributed by atoms with van der Waals surface area (Å²) in [4.78, 5) is 11.1. The van der Waals surface area contributed by atoms with E-state index < -0.39 is 8.07 Å². The summed E-state index contributed by atoms with van der Waals surface area (Å²) in [5.41, 5.74) is 1.60. The van der Waals surface area contributed by atoms with Gasteiger partial charge in [-0.05, 0) is 6.07 Å². The second kappa shape index (κ2) is 4.34. The third-order valence-corrected chi connectivity index (χ3v) is 4.39. The molecule has 0 saturated heterocycles. The standard InChI is InChI=1S/C14H16O2Si/c1-17(2,3)13-9-12(10-15)14(16-13)11-7-5-4-6-8-11/h4-10H,1-3H3. The van der Waals surface area contributed by atoms with Crippen LogP contribution in [0.1, 0.15) is 10.4 Å². The SMILES string of the molecule is C[Si](C)(C)c1cc(C=O)c(-c2ccccc2)o1. The molecule has 2 nitrogen and oxygen atoms in total. The molecular weight excluding hydrogens is 228 g/mol. The van der Waals surface area contributed by atoms with Crippen LogP contribution >= 0.6 is 0 Å². The maximum absolute atomic E-state index is 11.1. The van der Waals surface area contributed by atoms with Crippen molar-refractivity contribution in [3.05, 3.63) is 42.0 Å². The molecule has 0 aliphatic rings. The third-order valence-electron chi connectivity index (χ3n) is 2.66. The molecule has 3 heteroatoms. The largest absolute Gasteiger partial charge is 0.465 e. The quantitative estimate of drug-likeness (QED) is 0.612. The van der Waals surface area contributed by atoms with Crippen molar-refractivity contribution in [2.24, 2.45) is 0 Å². The molecule has 0 aliphatic carbocycles. The van der Waals surface area contributed by atoms with Gasteiger partial charge in [-0.25, -0.2) is 0 Å². The molecule has 1 aromatic carbocycles. The molecule has 1 heterocycles. The Morgan fingerprint density at radius 3 is 2.29 bits per heavy atom. The lowest BCUT2D eigenvalue weighted by Crippen LogP contribution is -2.36. The normalized spacial score (nSPS) is 11.5. The van der Waals surface area contributed by atoms with E-state index in [2.05, 4.69) is 19.6 Å². The summed E-state index contributed by atoms with van der Waals surface area (Å²) < 4.78 is 5.89. The summed E-state index contributed by atoms with van der Waals surface area (Å²) >= 11 is 0. The van der Waals surface area contributed by atoms with Gasteiger partial charge in [0.1, 0.15) is 13.8 Å². The summed E-state index contributed by atoms with van der Waals surface area (Å²) in [5, 5.41) is 0.971. The topological polar surface area (TPSA) is 30.2 Å². The number of benzene rings is 1. The molecule has 0 spiro atoms. The molecule has 17 heavy (non-hydrogen) atoms. The molecule has 0 radical (unpaired) electrons. The van der Waals surface area contributed by atoms with E-state index in [0.29, 0.717) is 11.3 Å². The summed E-state index contributed by atoms with van der Waals surface area (Å²) in [6, 6.07) is 11.6. The predicted octanol–water partition coefficient (Wildman–Crippen LogP) is 3.30. The average Bonchev–Trinajstić information content (AvgIpc) is 2.73. The van der Waals surface area contributed by atoms with Gasteiger partial charge in [-0.15, -0.1) is 0 Å². The Labute approximate surface area is 102 Å². The Kier molecular flexibility index (Phi) is 3.02. The first-order valence-corrected chi connectivity index (χ1v) is 9.17. The van der Waals surface area contributed by atoms with Gasteiger partial charge in [-0.1, -0.05) is 50.0 Å². The first kappa shape index (κ1) is 11.9. The zero-order valence-electron chi connectivity index (χ0n) is 10.4. The molecule has 0 saturated carbocycles. The Bertz CT molecular complexity index is 521. The number of hydrogen-bond acceptors (Lipinski definition) is 2. The second-order valence-electron chi connectivity index (χ2n) is 5.13. The van der Waals surface area contributed by atoms with Crippen LogP contribution in [0.4, 0.5) is 0 Å². The molecule has 0 fully saturated rings. The number of aldehydes is 1. The number of hydrogen-bond donors (Lipinski definition) is 0. The van der Waals surface area contributed by atoms with E-state index in [-0.39, 0.29) is 0 Å². The fourth-order valence-electron chi connectivity index (χ4n) is 1.68. The Morgan fingerprint density at radius 2 is 1.76 bits per heavy atom. The molecule has 0 amide bonds. The van der Waals surface area contributed by atoms with E-state index in [0.717, 1.165) is 17.2 Å². The lowest BCUT2D eigenvalue weighted by molar-refractivity contribution is 0.112. The van der Waals surface area contributed by atoms with E-state index >= 15 is 0 Å². The smallest absolute Gasteiger partial charge is 0.153 e. The molecular formula is C14H16O2Si. The lowest BCUT2D eigenvalue weighted by Gasteiger charge is -2.11. The Balaban J connectivity index is 2.55. The first-order valence-electron chi connectivity index (χ1n) is 5.67. The van der Waals surface area contributed by atoms with Crippen LogP contribution < -0.4 is 5.38 Å². The molecule has 0 atom stereocenters. The maximum atomic E-state index is 11.1. The Hall–Kier alpha value is -1.61. The summed E-state index contributed by atoms with van der Waals surface area (Å²) in [5.74, 6) is 0.693. The molecule has 88 valence electrons. The van der Waals surface area contributed by atoms with E-state index in [1.54, 1.807) is 0 Å². The van der Waals surface area contributed by atoms with Gasteiger partial charge in [0.05, 0.1) is 10.9 Å². The number of furan rings is 1. The number of rotatable bonds is 3. The van der Waals surface area contributed by atoms with Gasteiger partial charge in [0.15, 0.2) is 6.29 Å². The second-order valence-corrected chi connectivity index (χ2v) is 10.1. The molecule has 0 bridgehead atoms. The maximum Gasteiger partial charge on any atom is 0.153 e. The highest BCUT2D eigenvalue weighted by Crippen LogP contribution is 2.23. The minimum atomic E-state index is -1.52. The first-order chi connectivity index (χ1) is 8.02. The van der Waals surface area contributed by atoms with Crippen molar-refractivity contribution in [3.63, 3.8) is 0 Å². The van der Waals surface area contributed by atoms with E-state index in [4.69, 9.17) is 4.42 Å². The molecule has 0 aliphatic heterocycles. The van der Waals surface area contributed by atoms with Gasteiger partial charge >= 0.3 is 0 Å². The van der Waals surface area contributed by atoms with Crippen LogP contribution in [0.3, 0.4) is 0 Å². The van der Waals surface area contributed by atoms with Gasteiger partial charge in [0.25, 0.3) is 0 Å². The van der Waals surface area contributed by atoms with Gasteiger partial charge in [-0.2, -0.15) is 0 Å². The average molecular weight is 244 g/mol. The van der Waals surface area contributed by atoms with E-state index in [1.807, 2.05) is 36.4 Å². The van der Waals surface area contributed by atoms with Crippen LogP contribution in [0.2, 0.25) is 19.6 Å². The van der Waals surface area contributed by atoms with Crippen molar-refractivity contribution in [2.45, 2.75) is 19.6 Å². The molecule has 0 unspecified atom stereocenters. The number of carbonyl (C=O) groups excluding carboxylic acids is 1. The fourth-order valence-corrected chi connectivity index (χ4v) is 2.67. The van der Waals surface area contributed by atoms with Crippen molar-refractivity contribution >= 4 is 19.7 Å². The molecule has 2 aromatic rings. The molecule has 1 aromatic heterocycles. The summed E-state index contributed by atoms with van der Waals surface area (Å²) in [6.07, 6.45) is 0.871. The van der Waals surface area contributed by atoms with Crippen LogP contribution in [0.5, 0.6) is 0 Å². The lowest BCUT2D eigenvalue weighted by atomic mass is 10.1. The van der Waals surface area contributed by atoms with Crippen LogP contribution in [0.25, 0.3) is 11.3 Å². The predicted molar refractivity (Wildman–Crippen MR) is 72.5 cm³/mol. The van der Waals surface area contributed by atoms with E-state index in [9.17, 15) is 4.79 Å². The van der Waals surface area contributed by atoms with Gasteiger partial charge in [0.2, 0.25) is 0 Å². The fraction of sp³-hybridized carbons (Fsp3) is 0.214. The van der Waals surface area contributed by atoms with Crippen molar-refractivity contribution in [3.8, 4) is 11.3 Å². The highest BCUT2D eigenvalue weighted by atomic mass is 28.3. The van der Waals surface area contributed by atoms with Gasteiger partial charge in [-0.3, -0.25) is 4.79 Å². The molecule has 2 rings (SSSR count). The van der Waals surface area contributed by atoms with Crippen molar-refractivity contribution in [1.29, 1.82) is 0 Å². The van der Waals surface area contributed by atoms with E-state index in [1.165, 1.54) is 0 Å².